The minimum absolute atomic E-state index is 0.244. The van der Waals surface area contributed by atoms with Gasteiger partial charge in [-0.1, -0.05) is 27.7 Å². The molecule has 102 valence electrons. The standard InChI is InChI=1S/C14H30N2O/c1-6-17-13-8-12(14(13,4)5)16-9-11(15)7-10(2)3/h10-13,16H,6-9,15H2,1-5H3/t11-,12?,13?/m0/s1. The fraction of sp³-hybridized carbons (Fsp3) is 1.00. The fourth-order valence-corrected chi connectivity index (χ4v) is 2.70. The van der Waals surface area contributed by atoms with E-state index in [1.807, 2.05) is 0 Å². The van der Waals surface area contributed by atoms with Gasteiger partial charge in [-0.05, 0) is 25.7 Å². The van der Waals surface area contributed by atoms with Crippen LogP contribution in [0.5, 0.6) is 0 Å². The summed E-state index contributed by atoms with van der Waals surface area (Å²) in [4.78, 5) is 0. The van der Waals surface area contributed by atoms with Crippen molar-refractivity contribution in [3.63, 3.8) is 0 Å². The van der Waals surface area contributed by atoms with E-state index in [0.29, 0.717) is 18.1 Å². The van der Waals surface area contributed by atoms with Crippen LogP contribution in [0.1, 0.15) is 47.5 Å². The highest BCUT2D eigenvalue weighted by molar-refractivity contribution is 5.03. The quantitative estimate of drug-likeness (QED) is 0.719. The van der Waals surface area contributed by atoms with Crippen molar-refractivity contribution < 1.29 is 4.74 Å². The van der Waals surface area contributed by atoms with E-state index < -0.39 is 0 Å². The smallest absolute Gasteiger partial charge is 0.0655 e. The Kier molecular flexibility index (Phi) is 5.42. The predicted molar refractivity (Wildman–Crippen MR) is 73.0 cm³/mol. The maximum Gasteiger partial charge on any atom is 0.0655 e. The molecule has 0 aromatic carbocycles. The molecule has 1 fully saturated rings. The Balaban J connectivity index is 2.26. The number of nitrogens with two attached hydrogens (primary N) is 1. The molecule has 0 aromatic rings. The molecule has 1 aliphatic rings. The predicted octanol–water partition coefficient (Wildman–Crippen LogP) is 2.15. The van der Waals surface area contributed by atoms with E-state index in [2.05, 4.69) is 39.9 Å². The zero-order valence-electron chi connectivity index (χ0n) is 12.1. The molecule has 0 radical (unpaired) electrons. The second kappa shape index (κ2) is 6.17. The van der Waals surface area contributed by atoms with Crippen molar-refractivity contribution in [1.29, 1.82) is 0 Å². The summed E-state index contributed by atoms with van der Waals surface area (Å²) in [6.45, 7) is 12.8. The molecule has 3 nitrogen and oxygen atoms in total. The number of rotatable bonds is 7. The van der Waals surface area contributed by atoms with Gasteiger partial charge in [0.1, 0.15) is 0 Å². The fourth-order valence-electron chi connectivity index (χ4n) is 2.70. The average Bonchev–Trinajstić information content (AvgIpc) is 2.21. The second-order valence-electron chi connectivity index (χ2n) is 6.35. The Labute approximate surface area is 106 Å². The van der Waals surface area contributed by atoms with Gasteiger partial charge in [-0.25, -0.2) is 0 Å². The largest absolute Gasteiger partial charge is 0.378 e. The number of ether oxygens (including phenoxy) is 1. The van der Waals surface area contributed by atoms with Gasteiger partial charge in [-0.2, -0.15) is 0 Å². The molecule has 1 saturated carbocycles. The van der Waals surface area contributed by atoms with Crippen molar-refractivity contribution in [2.45, 2.75) is 65.6 Å². The van der Waals surface area contributed by atoms with Gasteiger partial charge in [0.05, 0.1) is 6.10 Å². The van der Waals surface area contributed by atoms with E-state index in [-0.39, 0.29) is 11.5 Å². The maximum atomic E-state index is 6.09. The first-order chi connectivity index (χ1) is 7.87. The van der Waals surface area contributed by atoms with Crippen molar-refractivity contribution in [3.05, 3.63) is 0 Å². The van der Waals surface area contributed by atoms with Crippen molar-refractivity contribution in [2.24, 2.45) is 17.1 Å². The van der Waals surface area contributed by atoms with Crippen LogP contribution < -0.4 is 11.1 Å². The maximum absolute atomic E-state index is 6.09. The van der Waals surface area contributed by atoms with Gasteiger partial charge in [0.15, 0.2) is 0 Å². The van der Waals surface area contributed by atoms with Gasteiger partial charge in [0.2, 0.25) is 0 Å². The summed E-state index contributed by atoms with van der Waals surface area (Å²) < 4.78 is 5.72. The molecular formula is C14H30N2O. The summed E-state index contributed by atoms with van der Waals surface area (Å²) in [7, 11) is 0. The SMILES string of the molecule is CCOC1CC(NC[C@@H](N)CC(C)C)C1(C)C. The first kappa shape index (κ1) is 14.9. The summed E-state index contributed by atoms with van der Waals surface area (Å²) in [6, 6.07) is 0.828. The molecule has 0 aliphatic heterocycles. The summed E-state index contributed by atoms with van der Waals surface area (Å²) in [6.07, 6.45) is 2.62. The van der Waals surface area contributed by atoms with Gasteiger partial charge in [-0.15, -0.1) is 0 Å². The highest BCUT2D eigenvalue weighted by Gasteiger charge is 2.48. The Morgan fingerprint density at radius 3 is 2.53 bits per heavy atom. The average molecular weight is 242 g/mol. The summed E-state index contributed by atoms with van der Waals surface area (Å²) in [5.41, 5.74) is 6.33. The molecule has 0 spiro atoms. The van der Waals surface area contributed by atoms with E-state index in [4.69, 9.17) is 10.5 Å². The highest BCUT2D eigenvalue weighted by atomic mass is 16.5. The van der Waals surface area contributed by atoms with Gasteiger partial charge in [0, 0.05) is 30.7 Å². The van der Waals surface area contributed by atoms with E-state index in [1.54, 1.807) is 0 Å². The lowest BCUT2D eigenvalue weighted by Gasteiger charge is -2.52. The molecule has 1 rings (SSSR count). The zero-order chi connectivity index (χ0) is 13.1. The minimum atomic E-state index is 0.244. The summed E-state index contributed by atoms with van der Waals surface area (Å²) in [5.74, 6) is 0.678. The van der Waals surface area contributed by atoms with Crippen molar-refractivity contribution >= 4 is 0 Å². The van der Waals surface area contributed by atoms with Crippen LogP contribution >= 0.6 is 0 Å². The molecule has 0 amide bonds. The lowest BCUT2D eigenvalue weighted by atomic mass is 9.64. The molecule has 0 saturated heterocycles. The normalized spacial score (nSPS) is 29.1. The third-order valence-electron chi connectivity index (χ3n) is 3.95. The van der Waals surface area contributed by atoms with Gasteiger partial charge in [-0.3, -0.25) is 0 Å². The molecular weight excluding hydrogens is 212 g/mol. The van der Waals surface area contributed by atoms with Crippen molar-refractivity contribution in [1.82, 2.24) is 5.32 Å². The summed E-state index contributed by atoms with van der Waals surface area (Å²) >= 11 is 0. The number of hydrogen-bond acceptors (Lipinski definition) is 3. The van der Waals surface area contributed by atoms with Crippen LogP contribution in [0.2, 0.25) is 0 Å². The molecule has 0 bridgehead atoms. The third kappa shape index (κ3) is 3.94. The van der Waals surface area contributed by atoms with E-state index >= 15 is 0 Å². The van der Waals surface area contributed by atoms with Crippen LogP contribution in [0.4, 0.5) is 0 Å². The first-order valence-electron chi connectivity index (χ1n) is 6.98. The Hall–Kier alpha value is -0.120. The number of hydrogen-bond donors (Lipinski definition) is 2. The van der Waals surface area contributed by atoms with Crippen LogP contribution in [0.15, 0.2) is 0 Å². The monoisotopic (exact) mass is 242 g/mol. The minimum Gasteiger partial charge on any atom is -0.378 e. The topological polar surface area (TPSA) is 47.3 Å². The van der Waals surface area contributed by atoms with Crippen molar-refractivity contribution in [2.75, 3.05) is 13.2 Å². The number of nitrogens with one attached hydrogen (secondary N) is 1. The first-order valence-corrected chi connectivity index (χ1v) is 6.98. The summed E-state index contributed by atoms with van der Waals surface area (Å²) in [5, 5.41) is 3.60. The third-order valence-corrected chi connectivity index (χ3v) is 3.95. The van der Waals surface area contributed by atoms with E-state index in [1.165, 1.54) is 0 Å². The van der Waals surface area contributed by atoms with Gasteiger partial charge < -0.3 is 15.8 Å². The molecule has 3 N–H and O–H groups in total. The molecule has 2 unspecified atom stereocenters. The van der Waals surface area contributed by atoms with Crippen molar-refractivity contribution in [3.8, 4) is 0 Å². The highest BCUT2D eigenvalue weighted by Crippen LogP contribution is 2.42. The van der Waals surface area contributed by atoms with Crippen LogP contribution in [-0.2, 0) is 4.74 Å². The van der Waals surface area contributed by atoms with E-state index in [0.717, 1.165) is 26.0 Å². The van der Waals surface area contributed by atoms with Gasteiger partial charge >= 0.3 is 0 Å². The Morgan fingerprint density at radius 2 is 2.06 bits per heavy atom. The van der Waals surface area contributed by atoms with Crippen LogP contribution in [-0.4, -0.2) is 31.3 Å². The lowest BCUT2D eigenvalue weighted by molar-refractivity contribution is -0.114. The van der Waals surface area contributed by atoms with E-state index in [9.17, 15) is 0 Å². The molecule has 17 heavy (non-hydrogen) atoms. The zero-order valence-corrected chi connectivity index (χ0v) is 12.1. The molecule has 3 heteroatoms. The molecule has 3 atom stereocenters. The lowest BCUT2D eigenvalue weighted by Crippen LogP contribution is -2.62. The van der Waals surface area contributed by atoms with Crippen LogP contribution in [0.25, 0.3) is 0 Å². The second-order valence-corrected chi connectivity index (χ2v) is 6.35. The van der Waals surface area contributed by atoms with Gasteiger partial charge in [0.25, 0.3) is 0 Å². The molecule has 1 aliphatic carbocycles. The van der Waals surface area contributed by atoms with Crippen LogP contribution in [0, 0.1) is 11.3 Å². The Morgan fingerprint density at radius 1 is 1.41 bits per heavy atom. The molecule has 0 aromatic heterocycles. The molecule has 0 heterocycles. The van der Waals surface area contributed by atoms with Crippen LogP contribution in [0.3, 0.4) is 0 Å². The Bertz CT molecular complexity index is 228.